The molecule has 1 saturated carbocycles. The summed E-state index contributed by atoms with van der Waals surface area (Å²) in [5, 5.41) is 0. The Kier molecular flexibility index (Phi) is 9.71. The minimum absolute atomic E-state index is 0. The number of halogens is 1. The molecule has 0 aromatic heterocycles. The monoisotopic (exact) mass is 422 g/mol. The van der Waals surface area contributed by atoms with E-state index in [9.17, 15) is 0 Å². The van der Waals surface area contributed by atoms with Crippen LogP contribution in [0.4, 0.5) is 0 Å². The molecule has 4 nitrogen and oxygen atoms in total. The van der Waals surface area contributed by atoms with Gasteiger partial charge in [0.05, 0.1) is 6.54 Å². The third-order valence-electron chi connectivity index (χ3n) is 5.27. The van der Waals surface area contributed by atoms with E-state index in [0.29, 0.717) is 6.04 Å². The van der Waals surface area contributed by atoms with Crippen LogP contribution in [0, 0.1) is 5.92 Å². The van der Waals surface area contributed by atoms with Crippen LogP contribution in [0.25, 0.3) is 0 Å². The lowest BCUT2D eigenvalue weighted by molar-refractivity contribution is 0.190. The van der Waals surface area contributed by atoms with Gasteiger partial charge in [-0.25, -0.2) is 0 Å². The quantitative estimate of drug-likeness (QED) is 0.406. The predicted molar refractivity (Wildman–Crippen MR) is 106 cm³/mol. The maximum absolute atomic E-state index is 6.10. The lowest BCUT2D eigenvalue weighted by atomic mass is 9.89. The molecule has 1 heterocycles. The number of nitrogens with two attached hydrogens (primary N) is 1. The van der Waals surface area contributed by atoms with Crippen molar-refractivity contribution in [1.82, 2.24) is 9.80 Å². The van der Waals surface area contributed by atoms with Gasteiger partial charge in [-0.1, -0.05) is 19.3 Å². The largest absolute Gasteiger partial charge is 0.370 e. The van der Waals surface area contributed by atoms with Gasteiger partial charge < -0.3 is 10.6 Å². The van der Waals surface area contributed by atoms with Crippen LogP contribution in [0.3, 0.4) is 0 Å². The van der Waals surface area contributed by atoms with Crippen molar-refractivity contribution >= 4 is 29.9 Å². The Morgan fingerprint density at radius 3 is 2.41 bits per heavy atom. The maximum atomic E-state index is 6.10. The summed E-state index contributed by atoms with van der Waals surface area (Å²) in [6.45, 7) is 9.61. The fourth-order valence-electron chi connectivity index (χ4n) is 3.89. The molecule has 2 fully saturated rings. The third-order valence-corrected chi connectivity index (χ3v) is 5.27. The van der Waals surface area contributed by atoms with Crippen molar-refractivity contribution in [3.63, 3.8) is 0 Å². The van der Waals surface area contributed by atoms with Crippen molar-refractivity contribution < 1.29 is 0 Å². The van der Waals surface area contributed by atoms with Crippen molar-refractivity contribution in [2.45, 2.75) is 64.8 Å². The maximum Gasteiger partial charge on any atom is 0.191 e. The molecule has 1 aliphatic carbocycles. The first kappa shape index (κ1) is 20.0. The van der Waals surface area contributed by atoms with Crippen LogP contribution < -0.4 is 5.73 Å². The second-order valence-electron chi connectivity index (χ2n) is 6.67. The Labute approximate surface area is 153 Å². The van der Waals surface area contributed by atoms with Gasteiger partial charge in [0.25, 0.3) is 0 Å². The number of rotatable bonds is 6. The number of hydrogen-bond acceptors (Lipinski definition) is 2. The molecule has 0 aromatic rings. The van der Waals surface area contributed by atoms with Gasteiger partial charge in [0, 0.05) is 25.7 Å². The van der Waals surface area contributed by atoms with Crippen LogP contribution >= 0.6 is 24.0 Å². The van der Waals surface area contributed by atoms with Crippen molar-refractivity contribution in [1.29, 1.82) is 0 Å². The molecule has 2 N–H and O–H groups in total. The van der Waals surface area contributed by atoms with E-state index in [1.54, 1.807) is 0 Å². The minimum Gasteiger partial charge on any atom is -0.370 e. The molecule has 130 valence electrons. The predicted octanol–water partition coefficient (Wildman–Crippen LogP) is 3.31. The van der Waals surface area contributed by atoms with Gasteiger partial charge in [-0.05, 0) is 52.0 Å². The molecule has 0 amide bonds. The summed E-state index contributed by atoms with van der Waals surface area (Å²) < 4.78 is 0. The fourth-order valence-corrected chi connectivity index (χ4v) is 3.89. The average Bonchev–Trinajstić information content (AvgIpc) is 2.94. The lowest BCUT2D eigenvalue weighted by Gasteiger charge is -2.30. The summed E-state index contributed by atoms with van der Waals surface area (Å²) >= 11 is 0. The second kappa shape index (κ2) is 10.7. The number of likely N-dealkylation sites (tertiary alicyclic amines) is 1. The summed E-state index contributed by atoms with van der Waals surface area (Å²) in [6, 6.07) is 0.626. The first-order valence-electron chi connectivity index (χ1n) is 9.03. The number of guanidine groups is 1. The first-order chi connectivity index (χ1) is 10.2. The van der Waals surface area contributed by atoms with Gasteiger partial charge in [0.2, 0.25) is 0 Å². The normalized spacial score (nSPS) is 24.3. The lowest BCUT2D eigenvalue weighted by Crippen LogP contribution is -2.40. The highest BCUT2D eigenvalue weighted by atomic mass is 127. The van der Waals surface area contributed by atoms with Crippen LogP contribution in [0.1, 0.15) is 58.8 Å². The highest BCUT2D eigenvalue weighted by Gasteiger charge is 2.27. The molecular weight excluding hydrogens is 387 g/mol. The van der Waals surface area contributed by atoms with E-state index < -0.39 is 0 Å². The zero-order valence-electron chi connectivity index (χ0n) is 14.5. The Morgan fingerprint density at radius 2 is 1.77 bits per heavy atom. The first-order valence-corrected chi connectivity index (χ1v) is 9.03. The van der Waals surface area contributed by atoms with Crippen molar-refractivity contribution in [2.24, 2.45) is 16.6 Å². The number of aliphatic imine (C=N–C) groups is 1. The van der Waals surface area contributed by atoms with E-state index in [4.69, 9.17) is 5.73 Å². The SMILES string of the molecule is CCN(CC)C(N)=NCC1CCCN1CC1CCCCC1.I. The van der Waals surface area contributed by atoms with Crippen LogP contribution in [-0.4, -0.2) is 54.5 Å². The third kappa shape index (κ3) is 5.87. The Bertz CT molecular complexity index is 325. The van der Waals surface area contributed by atoms with Gasteiger partial charge >= 0.3 is 0 Å². The fraction of sp³-hybridized carbons (Fsp3) is 0.941. The Balaban J connectivity index is 0.00000242. The van der Waals surface area contributed by atoms with Crippen LogP contribution in [0.5, 0.6) is 0 Å². The summed E-state index contributed by atoms with van der Waals surface area (Å²) in [5.41, 5.74) is 6.10. The molecular formula is C17H35IN4. The molecule has 1 aliphatic heterocycles. The number of nitrogens with zero attached hydrogens (tertiary/aromatic N) is 3. The van der Waals surface area contributed by atoms with Gasteiger partial charge in [0.1, 0.15) is 0 Å². The summed E-state index contributed by atoms with van der Waals surface area (Å²) in [6.07, 6.45) is 9.83. The topological polar surface area (TPSA) is 44.9 Å². The van der Waals surface area contributed by atoms with E-state index in [1.807, 2.05) is 0 Å². The van der Waals surface area contributed by atoms with Gasteiger partial charge in [0.15, 0.2) is 5.96 Å². The molecule has 1 atom stereocenters. The molecule has 1 saturated heterocycles. The average molecular weight is 422 g/mol. The Hall–Kier alpha value is -0.0400. The summed E-state index contributed by atoms with van der Waals surface area (Å²) in [5.74, 6) is 1.66. The van der Waals surface area contributed by atoms with Crippen LogP contribution in [0.2, 0.25) is 0 Å². The van der Waals surface area contributed by atoms with E-state index in [0.717, 1.165) is 31.5 Å². The van der Waals surface area contributed by atoms with Crippen molar-refractivity contribution in [2.75, 3.05) is 32.7 Å². The molecule has 0 spiro atoms. The molecule has 5 heteroatoms. The molecule has 1 unspecified atom stereocenters. The molecule has 0 bridgehead atoms. The zero-order valence-corrected chi connectivity index (χ0v) is 16.8. The zero-order chi connectivity index (χ0) is 15.1. The van der Waals surface area contributed by atoms with Crippen LogP contribution in [-0.2, 0) is 0 Å². The van der Waals surface area contributed by atoms with Gasteiger partial charge in [-0.3, -0.25) is 9.89 Å². The van der Waals surface area contributed by atoms with E-state index in [-0.39, 0.29) is 24.0 Å². The van der Waals surface area contributed by atoms with Crippen molar-refractivity contribution in [3.05, 3.63) is 0 Å². The van der Waals surface area contributed by atoms with E-state index >= 15 is 0 Å². The molecule has 0 radical (unpaired) electrons. The minimum atomic E-state index is 0. The standard InChI is InChI=1S/C17H34N4.HI/c1-3-20(4-2)17(18)19-13-16-11-8-12-21(16)14-15-9-6-5-7-10-15;/h15-16H,3-14H2,1-2H3,(H2,18,19);1H. The van der Waals surface area contributed by atoms with Gasteiger partial charge in [-0.2, -0.15) is 0 Å². The highest BCUT2D eigenvalue weighted by Crippen LogP contribution is 2.27. The molecule has 0 aromatic carbocycles. The smallest absolute Gasteiger partial charge is 0.191 e. The highest BCUT2D eigenvalue weighted by molar-refractivity contribution is 14.0. The van der Waals surface area contributed by atoms with E-state index in [1.165, 1.54) is 58.0 Å². The summed E-state index contributed by atoms with van der Waals surface area (Å²) in [4.78, 5) is 9.50. The molecule has 2 aliphatic rings. The number of hydrogen-bond donors (Lipinski definition) is 1. The van der Waals surface area contributed by atoms with Gasteiger partial charge in [-0.15, -0.1) is 24.0 Å². The van der Waals surface area contributed by atoms with E-state index in [2.05, 4.69) is 28.6 Å². The molecule has 22 heavy (non-hydrogen) atoms. The van der Waals surface area contributed by atoms with Crippen LogP contribution in [0.15, 0.2) is 4.99 Å². The second-order valence-corrected chi connectivity index (χ2v) is 6.67. The summed E-state index contributed by atoms with van der Waals surface area (Å²) in [7, 11) is 0. The Morgan fingerprint density at radius 1 is 1.09 bits per heavy atom. The van der Waals surface area contributed by atoms with Crippen molar-refractivity contribution in [3.8, 4) is 0 Å². The molecule has 2 rings (SSSR count).